The minimum atomic E-state index is -0.306. The number of fused-ring (bicyclic) bond motifs is 2. The molecule has 32 heavy (non-hydrogen) atoms. The van der Waals surface area contributed by atoms with Gasteiger partial charge < -0.3 is 24.3 Å². The molecule has 1 atom stereocenters. The molecular weight excluding hydrogens is 404 g/mol. The van der Waals surface area contributed by atoms with Gasteiger partial charge in [-0.05, 0) is 47.5 Å². The minimum Gasteiger partial charge on any atom is -0.454 e. The first-order valence-electron chi connectivity index (χ1n) is 10.4. The van der Waals surface area contributed by atoms with Crippen LogP contribution in [-0.2, 0) is 6.54 Å². The average molecular weight is 424 g/mol. The lowest BCUT2D eigenvalue weighted by atomic mass is 10.0. The van der Waals surface area contributed by atoms with Gasteiger partial charge in [-0.2, -0.15) is 0 Å². The van der Waals surface area contributed by atoms with Gasteiger partial charge in [0.25, 0.3) is 5.91 Å². The highest BCUT2D eigenvalue weighted by Gasteiger charge is 2.33. The van der Waals surface area contributed by atoms with Crippen LogP contribution in [0.4, 0.5) is 5.69 Å². The van der Waals surface area contributed by atoms with Crippen LogP contribution in [0.1, 0.15) is 27.7 Å². The normalized spacial score (nSPS) is 16.6. The molecule has 0 saturated carbocycles. The molecule has 3 aromatic carbocycles. The number of amides is 1. The van der Waals surface area contributed by atoms with Crippen LogP contribution in [0, 0.1) is 0 Å². The van der Waals surface area contributed by atoms with Gasteiger partial charge in [0.05, 0.1) is 11.9 Å². The zero-order valence-electron chi connectivity index (χ0n) is 17.1. The molecule has 0 aliphatic carbocycles. The van der Waals surface area contributed by atoms with Crippen molar-refractivity contribution in [3.8, 4) is 17.2 Å². The maximum Gasteiger partial charge on any atom is 0.258 e. The summed E-state index contributed by atoms with van der Waals surface area (Å²) in [5.74, 6) is 1.43. The fourth-order valence-corrected chi connectivity index (χ4v) is 4.20. The average Bonchev–Trinajstić information content (AvgIpc) is 3.53. The lowest BCUT2D eigenvalue weighted by Gasteiger charge is -2.38. The van der Waals surface area contributed by atoms with E-state index >= 15 is 0 Å². The highest BCUT2D eigenvalue weighted by molar-refractivity contribution is 6.01. The van der Waals surface area contributed by atoms with Crippen LogP contribution in [-0.4, -0.2) is 27.2 Å². The number of benzene rings is 3. The number of hydrogen-bond donors (Lipinski definition) is 1. The van der Waals surface area contributed by atoms with E-state index in [0.29, 0.717) is 17.9 Å². The molecule has 7 heteroatoms. The summed E-state index contributed by atoms with van der Waals surface area (Å²) < 4.78 is 12.9. The van der Waals surface area contributed by atoms with Crippen LogP contribution >= 0.6 is 0 Å². The zero-order valence-corrected chi connectivity index (χ0v) is 17.1. The molecule has 2 aliphatic rings. The largest absolute Gasteiger partial charge is 0.454 e. The Kier molecular flexibility index (Phi) is 4.31. The summed E-state index contributed by atoms with van der Waals surface area (Å²) in [4.78, 5) is 19.5. The molecule has 4 aromatic rings. The van der Waals surface area contributed by atoms with Gasteiger partial charge in [-0.25, -0.2) is 4.98 Å². The third kappa shape index (κ3) is 3.15. The molecule has 1 aromatic heterocycles. The quantitative estimate of drug-likeness (QED) is 0.527. The molecule has 0 saturated heterocycles. The highest BCUT2D eigenvalue weighted by atomic mass is 16.7. The Hall–Kier alpha value is -4.26. The van der Waals surface area contributed by atoms with Gasteiger partial charge in [-0.1, -0.05) is 30.3 Å². The van der Waals surface area contributed by atoms with Crippen LogP contribution in [0.15, 0.2) is 85.5 Å². The van der Waals surface area contributed by atoms with Crippen molar-refractivity contribution in [1.29, 1.82) is 0 Å². The van der Waals surface area contributed by atoms with Gasteiger partial charge in [0.1, 0.15) is 6.17 Å². The van der Waals surface area contributed by atoms with Crippen molar-refractivity contribution in [3.63, 3.8) is 0 Å². The van der Waals surface area contributed by atoms with Gasteiger partial charge in [0, 0.05) is 30.3 Å². The lowest BCUT2D eigenvalue weighted by Crippen LogP contribution is -2.42. The van der Waals surface area contributed by atoms with Crippen LogP contribution in [0.5, 0.6) is 11.5 Å². The van der Waals surface area contributed by atoms with E-state index in [1.54, 1.807) is 12.5 Å². The van der Waals surface area contributed by atoms with Gasteiger partial charge in [0.2, 0.25) is 6.79 Å². The molecule has 1 N–H and O–H groups in total. The Balaban J connectivity index is 1.36. The second-order valence-corrected chi connectivity index (χ2v) is 7.77. The van der Waals surface area contributed by atoms with E-state index in [1.165, 1.54) is 0 Å². The lowest BCUT2D eigenvalue weighted by molar-refractivity contribution is 0.0666. The predicted octanol–water partition coefficient (Wildman–Crippen LogP) is 4.37. The summed E-state index contributed by atoms with van der Waals surface area (Å²) in [6.45, 7) is 0.660. The van der Waals surface area contributed by atoms with Crippen LogP contribution < -0.4 is 14.8 Å². The standard InChI is InChI=1S/C25H20N4O3/c30-25-20-3-1-2-4-21(20)27-24(18-6-8-19(9-7-18)28-12-11-26-15-28)29(25)14-17-5-10-22-23(13-17)32-16-31-22/h1-13,15,24,27H,14,16H2/t24-/m1/s1. The number of para-hydroxylation sites is 1. The Bertz CT molecular complexity index is 1290. The molecule has 0 fully saturated rings. The number of imidazole rings is 1. The summed E-state index contributed by atoms with van der Waals surface area (Å²) in [6, 6.07) is 21.6. The summed E-state index contributed by atoms with van der Waals surface area (Å²) in [5, 5.41) is 3.55. The smallest absolute Gasteiger partial charge is 0.258 e. The van der Waals surface area contributed by atoms with Crippen molar-refractivity contribution < 1.29 is 14.3 Å². The summed E-state index contributed by atoms with van der Waals surface area (Å²) in [7, 11) is 0. The number of nitrogens with zero attached hydrogens (tertiary/aromatic N) is 3. The Labute approximate surface area is 184 Å². The van der Waals surface area contributed by atoms with Gasteiger partial charge in [0.15, 0.2) is 11.5 Å². The molecular formula is C25H20N4O3. The Morgan fingerprint density at radius 2 is 1.84 bits per heavy atom. The monoisotopic (exact) mass is 424 g/mol. The molecule has 3 heterocycles. The van der Waals surface area contributed by atoms with E-state index < -0.39 is 0 Å². The van der Waals surface area contributed by atoms with E-state index in [2.05, 4.69) is 10.3 Å². The van der Waals surface area contributed by atoms with E-state index in [9.17, 15) is 4.79 Å². The molecule has 7 nitrogen and oxygen atoms in total. The number of aromatic nitrogens is 2. The molecule has 2 aliphatic heterocycles. The van der Waals surface area contributed by atoms with Crippen molar-refractivity contribution >= 4 is 11.6 Å². The Morgan fingerprint density at radius 1 is 1.00 bits per heavy atom. The first-order chi connectivity index (χ1) is 15.8. The van der Waals surface area contributed by atoms with Gasteiger partial charge in [-0.3, -0.25) is 4.79 Å². The second-order valence-electron chi connectivity index (χ2n) is 7.77. The van der Waals surface area contributed by atoms with Crippen LogP contribution in [0.2, 0.25) is 0 Å². The molecule has 1 amide bonds. The number of hydrogen-bond acceptors (Lipinski definition) is 5. The highest BCUT2D eigenvalue weighted by Crippen LogP contribution is 2.37. The number of carbonyl (C=O) groups is 1. The van der Waals surface area contributed by atoms with E-state index in [1.807, 2.05) is 82.4 Å². The summed E-state index contributed by atoms with van der Waals surface area (Å²) in [5.41, 5.74) is 4.49. The van der Waals surface area contributed by atoms with E-state index in [0.717, 1.165) is 28.3 Å². The zero-order chi connectivity index (χ0) is 21.5. The summed E-state index contributed by atoms with van der Waals surface area (Å²) in [6.07, 6.45) is 5.11. The van der Waals surface area contributed by atoms with Crippen LogP contribution in [0.3, 0.4) is 0 Å². The topological polar surface area (TPSA) is 68.6 Å². The fraction of sp³-hybridized carbons (Fsp3) is 0.120. The molecule has 0 bridgehead atoms. The van der Waals surface area contributed by atoms with Crippen molar-refractivity contribution in [3.05, 3.63) is 102 Å². The SMILES string of the molecule is O=C1c2ccccc2N[C@@H](c2ccc(-n3ccnc3)cc2)N1Cc1ccc2c(c1)OCO2. The third-order valence-electron chi connectivity index (χ3n) is 5.82. The number of rotatable bonds is 4. The molecule has 0 unspecified atom stereocenters. The first-order valence-corrected chi connectivity index (χ1v) is 10.4. The maximum atomic E-state index is 13.5. The molecule has 6 rings (SSSR count). The molecule has 158 valence electrons. The molecule has 0 radical (unpaired) electrons. The first kappa shape index (κ1) is 18.5. The van der Waals surface area contributed by atoms with E-state index in [4.69, 9.17) is 9.47 Å². The van der Waals surface area contributed by atoms with Crippen molar-refractivity contribution in [2.45, 2.75) is 12.7 Å². The third-order valence-corrected chi connectivity index (χ3v) is 5.82. The Morgan fingerprint density at radius 3 is 2.69 bits per heavy atom. The fourth-order valence-electron chi connectivity index (χ4n) is 4.20. The maximum absolute atomic E-state index is 13.5. The predicted molar refractivity (Wildman–Crippen MR) is 119 cm³/mol. The van der Waals surface area contributed by atoms with Crippen molar-refractivity contribution in [2.75, 3.05) is 12.1 Å². The second kappa shape index (κ2) is 7.46. The summed E-state index contributed by atoms with van der Waals surface area (Å²) >= 11 is 0. The number of nitrogens with one attached hydrogen (secondary N) is 1. The van der Waals surface area contributed by atoms with E-state index in [-0.39, 0.29) is 18.9 Å². The molecule has 0 spiro atoms. The van der Waals surface area contributed by atoms with Crippen molar-refractivity contribution in [1.82, 2.24) is 14.5 Å². The van der Waals surface area contributed by atoms with Crippen molar-refractivity contribution in [2.24, 2.45) is 0 Å². The number of anilines is 1. The van der Waals surface area contributed by atoms with Crippen LogP contribution in [0.25, 0.3) is 5.69 Å². The number of ether oxygens (including phenoxy) is 2. The number of carbonyl (C=O) groups excluding carboxylic acids is 1. The minimum absolute atomic E-state index is 0.0132. The van der Waals surface area contributed by atoms with Gasteiger partial charge >= 0.3 is 0 Å². The van der Waals surface area contributed by atoms with Gasteiger partial charge in [-0.15, -0.1) is 0 Å².